The van der Waals surface area contributed by atoms with E-state index in [1.807, 2.05) is 28.7 Å². The minimum atomic E-state index is -0.290. The van der Waals surface area contributed by atoms with Gasteiger partial charge in [0.1, 0.15) is 17.7 Å². The maximum Gasteiger partial charge on any atom is 0.148 e. The molecule has 0 amide bonds. The lowest BCUT2D eigenvalue weighted by Crippen LogP contribution is -1.98. The van der Waals surface area contributed by atoms with Gasteiger partial charge in [0.2, 0.25) is 0 Å². The fourth-order valence-corrected chi connectivity index (χ4v) is 1.93. The van der Waals surface area contributed by atoms with Crippen molar-refractivity contribution in [3.63, 3.8) is 0 Å². The summed E-state index contributed by atoms with van der Waals surface area (Å²) in [5.74, 6) is 0.181. The Bertz CT molecular complexity index is 593. The van der Waals surface area contributed by atoms with E-state index in [9.17, 15) is 4.39 Å². The van der Waals surface area contributed by atoms with Crippen molar-refractivity contribution in [2.45, 2.75) is 0 Å². The van der Waals surface area contributed by atoms with Crippen LogP contribution in [0.4, 0.5) is 15.9 Å². The highest BCUT2D eigenvalue weighted by Gasteiger charge is 2.06. The van der Waals surface area contributed by atoms with Crippen molar-refractivity contribution in [2.24, 2.45) is 0 Å². The average molecular weight is 339 g/mol. The Morgan fingerprint density at radius 1 is 1.35 bits per heavy atom. The minimum Gasteiger partial charge on any atom is -0.338 e. The molecule has 3 nitrogen and oxygen atoms in total. The van der Waals surface area contributed by atoms with Gasteiger partial charge in [0, 0.05) is 9.77 Å². The number of rotatable bonds is 2. The van der Waals surface area contributed by atoms with E-state index in [0.717, 1.165) is 9.26 Å². The first kappa shape index (κ1) is 11.8. The summed E-state index contributed by atoms with van der Waals surface area (Å²) >= 11 is 2.02. The SMILES string of the molecule is N#Cc1cccnc1Nc1ccc(F)cc1I. The summed E-state index contributed by atoms with van der Waals surface area (Å²) in [6.07, 6.45) is 1.60. The van der Waals surface area contributed by atoms with E-state index in [4.69, 9.17) is 5.26 Å². The second kappa shape index (κ2) is 5.10. The zero-order valence-corrected chi connectivity index (χ0v) is 10.8. The molecule has 1 heterocycles. The van der Waals surface area contributed by atoms with Gasteiger partial charge >= 0.3 is 0 Å². The van der Waals surface area contributed by atoms with E-state index in [0.29, 0.717) is 11.4 Å². The molecule has 0 spiro atoms. The standard InChI is InChI=1S/C12H7FIN3/c13-9-3-4-11(10(14)6-9)17-12-8(7-15)2-1-5-16-12/h1-6H,(H,16,17). The van der Waals surface area contributed by atoms with E-state index >= 15 is 0 Å². The molecule has 0 radical (unpaired) electrons. The Kier molecular flexibility index (Phi) is 3.54. The molecule has 1 aromatic carbocycles. The largest absolute Gasteiger partial charge is 0.338 e. The van der Waals surface area contributed by atoms with Crippen LogP contribution in [0.1, 0.15) is 5.56 Å². The van der Waals surface area contributed by atoms with Crippen LogP contribution in [0.25, 0.3) is 0 Å². The Labute approximate surface area is 111 Å². The molecule has 2 aromatic rings. The highest BCUT2D eigenvalue weighted by molar-refractivity contribution is 14.1. The fraction of sp³-hybridized carbons (Fsp3) is 0. The summed E-state index contributed by atoms with van der Waals surface area (Å²) in [4.78, 5) is 4.08. The molecule has 0 aliphatic rings. The molecule has 0 fully saturated rings. The van der Waals surface area contributed by atoms with Gasteiger partial charge in [0.05, 0.1) is 11.3 Å². The smallest absolute Gasteiger partial charge is 0.148 e. The first-order valence-corrected chi connectivity index (χ1v) is 5.86. The predicted octanol–water partition coefficient (Wildman–Crippen LogP) is 3.44. The van der Waals surface area contributed by atoms with Gasteiger partial charge in [-0.3, -0.25) is 0 Å². The zero-order chi connectivity index (χ0) is 12.3. The van der Waals surface area contributed by atoms with Gasteiger partial charge in [-0.15, -0.1) is 0 Å². The number of nitrogens with zero attached hydrogens (tertiary/aromatic N) is 2. The monoisotopic (exact) mass is 339 g/mol. The van der Waals surface area contributed by atoms with E-state index in [1.165, 1.54) is 12.1 Å². The molecular formula is C12H7FIN3. The molecule has 1 aromatic heterocycles. The van der Waals surface area contributed by atoms with Crippen molar-refractivity contribution in [1.82, 2.24) is 4.98 Å². The molecule has 0 aliphatic carbocycles. The molecule has 1 N–H and O–H groups in total. The minimum absolute atomic E-state index is 0.290. The average Bonchev–Trinajstić information content (AvgIpc) is 2.33. The molecular weight excluding hydrogens is 332 g/mol. The molecule has 84 valence electrons. The maximum absolute atomic E-state index is 12.9. The number of nitrogens with one attached hydrogen (secondary N) is 1. The van der Waals surface area contributed by atoms with Gasteiger partial charge in [-0.05, 0) is 52.9 Å². The van der Waals surface area contributed by atoms with Crippen LogP contribution in [0.5, 0.6) is 0 Å². The van der Waals surface area contributed by atoms with Crippen molar-refractivity contribution in [3.05, 3.63) is 51.5 Å². The van der Waals surface area contributed by atoms with Gasteiger partial charge in [0.15, 0.2) is 0 Å². The van der Waals surface area contributed by atoms with E-state index in [1.54, 1.807) is 24.4 Å². The van der Waals surface area contributed by atoms with E-state index < -0.39 is 0 Å². The number of anilines is 2. The van der Waals surface area contributed by atoms with Gasteiger partial charge in [0.25, 0.3) is 0 Å². The molecule has 5 heteroatoms. The van der Waals surface area contributed by atoms with Crippen LogP contribution in [0, 0.1) is 20.7 Å². The first-order chi connectivity index (χ1) is 8.20. The van der Waals surface area contributed by atoms with E-state index in [-0.39, 0.29) is 5.82 Å². The lowest BCUT2D eigenvalue weighted by atomic mass is 10.2. The molecule has 17 heavy (non-hydrogen) atoms. The summed E-state index contributed by atoms with van der Waals surface area (Å²) in [6.45, 7) is 0. The molecule has 0 atom stereocenters. The van der Waals surface area contributed by atoms with Crippen LogP contribution in [-0.2, 0) is 0 Å². The number of pyridine rings is 1. The third-order valence-electron chi connectivity index (χ3n) is 2.11. The summed E-state index contributed by atoms with van der Waals surface area (Å²) < 4.78 is 13.7. The van der Waals surface area contributed by atoms with E-state index in [2.05, 4.69) is 10.3 Å². The third-order valence-corrected chi connectivity index (χ3v) is 3.00. The number of halogens is 2. The van der Waals surface area contributed by atoms with Crippen LogP contribution in [0.15, 0.2) is 36.5 Å². The lowest BCUT2D eigenvalue weighted by Gasteiger charge is -2.08. The number of benzene rings is 1. The zero-order valence-electron chi connectivity index (χ0n) is 8.61. The molecule has 0 saturated heterocycles. The fourth-order valence-electron chi connectivity index (χ4n) is 1.31. The Morgan fingerprint density at radius 3 is 2.88 bits per heavy atom. The van der Waals surface area contributed by atoms with Gasteiger partial charge in [-0.1, -0.05) is 0 Å². The summed E-state index contributed by atoms with van der Waals surface area (Å²) in [7, 11) is 0. The number of nitriles is 1. The first-order valence-electron chi connectivity index (χ1n) is 4.78. The highest BCUT2D eigenvalue weighted by atomic mass is 127. The van der Waals surface area contributed by atoms with Crippen LogP contribution in [0.3, 0.4) is 0 Å². The molecule has 2 rings (SSSR count). The molecule has 0 aliphatic heterocycles. The van der Waals surface area contributed by atoms with Gasteiger partial charge < -0.3 is 5.32 Å². The summed E-state index contributed by atoms with van der Waals surface area (Å²) in [5.41, 5.74) is 1.18. The van der Waals surface area contributed by atoms with Crippen molar-refractivity contribution >= 4 is 34.1 Å². The Morgan fingerprint density at radius 2 is 2.18 bits per heavy atom. The quantitative estimate of drug-likeness (QED) is 0.853. The number of aromatic nitrogens is 1. The summed E-state index contributed by atoms with van der Waals surface area (Å²) in [5, 5.41) is 11.9. The molecule has 0 unspecified atom stereocenters. The van der Waals surface area contributed by atoms with Gasteiger partial charge in [-0.2, -0.15) is 5.26 Å². The van der Waals surface area contributed by atoms with Crippen LogP contribution >= 0.6 is 22.6 Å². The van der Waals surface area contributed by atoms with Crippen molar-refractivity contribution < 1.29 is 4.39 Å². The van der Waals surface area contributed by atoms with Crippen LogP contribution in [-0.4, -0.2) is 4.98 Å². The normalized spacial score (nSPS) is 9.71. The van der Waals surface area contributed by atoms with Crippen molar-refractivity contribution in [3.8, 4) is 6.07 Å². The second-order valence-corrected chi connectivity index (χ2v) is 4.42. The number of hydrogen-bond acceptors (Lipinski definition) is 3. The molecule has 0 saturated carbocycles. The third kappa shape index (κ3) is 2.71. The molecule has 0 bridgehead atoms. The topological polar surface area (TPSA) is 48.7 Å². The summed E-state index contributed by atoms with van der Waals surface area (Å²) in [6, 6.07) is 9.80. The van der Waals surface area contributed by atoms with Gasteiger partial charge in [-0.25, -0.2) is 9.37 Å². The van der Waals surface area contributed by atoms with Crippen LogP contribution < -0.4 is 5.32 Å². The highest BCUT2D eigenvalue weighted by Crippen LogP contribution is 2.23. The Hall–Kier alpha value is -1.68. The van der Waals surface area contributed by atoms with Crippen molar-refractivity contribution in [1.29, 1.82) is 5.26 Å². The lowest BCUT2D eigenvalue weighted by molar-refractivity contribution is 0.627. The predicted molar refractivity (Wildman–Crippen MR) is 71.4 cm³/mol. The Balaban J connectivity index is 2.35. The van der Waals surface area contributed by atoms with Crippen molar-refractivity contribution in [2.75, 3.05) is 5.32 Å². The second-order valence-electron chi connectivity index (χ2n) is 3.26. The number of hydrogen-bond donors (Lipinski definition) is 1. The van der Waals surface area contributed by atoms with Crippen LogP contribution in [0.2, 0.25) is 0 Å². The maximum atomic E-state index is 12.9.